The Labute approximate surface area is 102 Å². The number of ether oxygens (including phenoxy) is 1. The normalized spacial score (nSPS) is 25.2. The molecule has 0 bridgehead atoms. The molecular weight excluding hydrogens is 222 g/mol. The molecule has 17 heavy (non-hydrogen) atoms. The monoisotopic (exact) mass is 243 g/mol. The first kappa shape index (κ1) is 14.0. The first-order chi connectivity index (χ1) is 7.77. The Morgan fingerprint density at radius 2 is 2.00 bits per heavy atom. The third-order valence-electron chi connectivity index (χ3n) is 3.16. The summed E-state index contributed by atoms with van der Waals surface area (Å²) in [6.45, 7) is 6.52. The fourth-order valence-corrected chi connectivity index (χ4v) is 1.83. The third kappa shape index (κ3) is 3.70. The van der Waals surface area contributed by atoms with E-state index in [1.165, 1.54) is 0 Å². The van der Waals surface area contributed by atoms with Crippen molar-refractivity contribution < 1.29 is 19.4 Å². The van der Waals surface area contributed by atoms with Crippen LogP contribution in [0.5, 0.6) is 0 Å². The van der Waals surface area contributed by atoms with Crippen molar-refractivity contribution in [3.05, 3.63) is 0 Å². The van der Waals surface area contributed by atoms with Crippen LogP contribution in [0.3, 0.4) is 0 Å². The molecule has 0 aromatic heterocycles. The number of amides is 1. The molecule has 3 atom stereocenters. The van der Waals surface area contributed by atoms with Gasteiger partial charge in [-0.3, -0.25) is 9.59 Å². The zero-order chi connectivity index (χ0) is 13.2. The van der Waals surface area contributed by atoms with Crippen LogP contribution in [0.4, 0.5) is 0 Å². The van der Waals surface area contributed by atoms with E-state index >= 15 is 0 Å². The van der Waals surface area contributed by atoms with E-state index < -0.39 is 11.9 Å². The second-order valence-electron chi connectivity index (χ2n) is 5.62. The molecule has 98 valence electrons. The average Bonchev–Trinajstić information content (AvgIpc) is 2.95. The summed E-state index contributed by atoms with van der Waals surface area (Å²) in [5.41, 5.74) is -0.0578. The summed E-state index contributed by atoms with van der Waals surface area (Å²) in [6, 6.07) is 0. The molecule has 0 heterocycles. The SMILES string of the molecule is CO[C@H](CNC(=O)[C@H]1C[C@H]1C(=O)O)C(C)(C)C. The first-order valence-electron chi connectivity index (χ1n) is 5.80. The number of nitrogens with one attached hydrogen (secondary N) is 1. The molecule has 0 radical (unpaired) electrons. The van der Waals surface area contributed by atoms with E-state index in [0.29, 0.717) is 13.0 Å². The minimum atomic E-state index is -0.885. The largest absolute Gasteiger partial charge is 0.481 e. The molecule has 0 spiro atoms. The van der Waals surface area contributed by atoms with Crippen molar-refractivity contribution in [1.29, 1.82) is 0 Å². The van der Waals surface area contributed by atoms with Crippen LogP contribution in [0.2, 0.25) is 0 Å². The van der Waals surface area contributed by atoms with E-state index in [0.717, 1.165) is 0 Å². The van der Waals surface area contributed by atoms with Gasteiger partial charge in [0, 0.05) is 13.7 Å². The highest BCUT2D eigenvalue weighted by Gasteiger charge is 2.48. The summed E-state index contributed by atoms with van der Waals surface area (Å²) < 4.78 is 5.31. The van der Waals surface area contributed by atoms with E-state index in [1.54, 1.807) is 7.11 Å². The highest BCUT2D eigenvalue weighted by molar-refractivity contribution is 5.89. The van der Waals surface area contributed by atoms with Crippen LogP contribution < -0.4 is 5.32 Å². The van der Waals surface area contributed by atoms with Crippen LogP contribution in [-0.2, 0) is 14.3 Å². The molecule has 5 nitrogen and oxygen atoms in total. The molecule has 5 heteroatoms. The lowest BCUT2D eigenvalue weighted by molar-refractivity contribution is -0.140. The quantitative estimate of drug-likeness (QED) is 0.751. The fourth-order valence-electron chi connectivity index (χ4n) is 1.83. The molecule has 0 aromatic carbocycles. The van der Waals surface area contributed by atoms with E-state index in [-0.39, 0.29) is 23.3 Å². The highest BCUT2D eigenvalue weighted by atomic mass is 16.5. The molecule has 0 unspecified atom stereocenters. The van der Waals surface area contributed by atoms with Gasteiger partial charge in [-0.2, -0.15) is 0 Å². The van der Waals surface area contributed by atoms with Gasteiger partial charge in [0.1, 0.15) is 0 Å². The van der Waals surface area contributed by atoms with Crippen LogP contribution >= 0.6 is 0 Å². The summed E-state index contributed by atoms with van der Waals surface area (Å²) in [7, 11) is 1.61. The van der Waals surface area contributed by atoms with Crippen molar-refractivity contribution in [3.63, 3.8) is 0 Å². The number of rotatable bonds is 5. The zero-order valence-corrected chi connectivity index (χ0v) is 10.8. The molecule has 1 saturated carbocycles. The minimum Gasteiger partial charge on any atom is -0.481 e. The number of carbonyl (C=O) groups excluding carboxylic acids is 1. The molecule has 0 aromatic rings. The maximum atomic E-state index is 11.6. The van der Waals surface area contributed by atoms with E-state index in [1.807, 2.05) is 20.8 Å². The van der Waals surface area contributed by atoms with E-state index in [4.69, 9.17) is 9.84 Å². The van der Waals surface area contributed by atoms with Gasteiger partial charge in [-0.05, 0) is 11.8 Å². The van der Waals surface area contributed by atoms with Crippen LogP contribution in [0.15, 0.2) is 0 Å². The van der Waals surface area contributed by atoms with Crippen molar-refractivity contribution in [3.8, 4) is 0 Å². The fraction of sp³-hybridized carbons (Fsp3) is 0.833. The van der Waals surface area contributed by atoms with Gasteiger partial charge < -0.3 is 15.2 Å². The van der Waals surface area contributed by atoms with Gasteiger partial charge in [0.15, 0.2) is 0 Å². The predicted molar refractivity (Wildman–Crippen MR) is 62.5 cm³/mol. The van der Waals surface area contributed by atoms with Gasteiger partial charge >= 0.3 is 5.97 Å². The molecule has 0 aliphatic heterocycles. The Hall–Kier alpha value is -1.10. The third-order valence-corrected chi connectivity index (χ3v) is 3.16. The standard InChI is InChI=1S/C12H21NO4/c1-12(2,3)9(17-4)6-13-10(14)7-5-8(7)11(15)16/h7-9H,5-6H2,1-4H3,(H,13,14)(H,15,16)/t7-,8+,9+/m0/s1. The summed E-state index contributed by atoms with van der Waals surface area (Å²) >= 11 is 0. The molecule has 0 saturated heterocycles. The van der Waals surface area contributed by atoms with Crippen molar-refractivity contribution in [2.24, 2.45) is 17.3 Å². The first-order valence-corrected chi connectivity index (χ1v) is 5.80. The lowest BCUT2D eigenvalue weighted by atomic mass is 9.89. The number of methoxy groups -OCH3 is 1. The van der Waals surface area contributed by atoms with Crippen LogP contribution in [0, 0.1) is 17.3 Å². The Balaban J connectivity index is 2.36. The van der Waals surface area contributed by atoms with Gasteiger partial charge in [0.2, 0.25) is 5.91 Å². The lowest BCUT2D eigenvalue weighted by Crippen LogP contribution is -2.41. The number of aliphatic carboxylic acids is 1. The highest BCUT2D eigenvalue weighted by Crippen LogP contribution is 2.38. The summed E-state index contributed by atoms with van der Waals surface area (Å²) in [5, 5.41) is 11.5. The zero-order valence-electron chi connectivity index (χ0n) is 10.8. The van der Waals surface area contributed by atoms with Gasteiger partial charge in [-0.1, -0.05) is 20.8 Å². The number of carboxylic acid groups (broad SMARTS) is 1. The lowest BCUT2D eigenvalue weighted by Gasteiger charge is -2.29. The van der Waals surface area contributed by atoms with Gasteiger partial charge in [0.05, 0.1) is 17.9 Å². The average molecular weight is 243 g/mol. The van der Waals surface area contributed by atoms with Gasteiger partial charge in [-0.25, -0.2) is 0 Å². The second-order valence-corrected chi connectivity index (χ2v) is 5.62. The number of hydrogen-bond donors (Lipinski definition) is 2. The maximum Gasteiger partial charge on any atom is 0.307 e. The molecule has 1 aliphatic carbocycles. The van der Waals surface area contributed by atoms with Gasteiger partial charge in [0.25, 0.3) is 0 Å². The molecule has 1 fully saturated rings. The Morgan fingerprint density at radius 1 is 1.41 bits per heavy atom. The minimum absolute atomic E-state index is 0.0578. The van der Waals surface area contributed by atoms with E-state index in [9.17, 15) is 9.59 Å². The molecule has 1 rings (SSSR count). The molecule has 1 aliphatic rings. The summed E-state index contributed by atoms with van der Waals surface area (Å²) in [5.74, 6) is -1.91. The maximum absolute atomic E-state index is 11.6. The summed E-state index contributed by atoms with van der Waals surface area (Å²) in [4.78, 5) is 22.3. The number of hydrogen-bond acceptors (Lipinski definition) is 3. The van der Waals surface area contributed by atoms with E-state index in [2.05, 4.69) is 5.32 Å². The Morgan fingerprint density at radius 3 is 2.35 bits per heavy atom. The summed E-state index contributed by atoms with van der Waals surface area (Å²) in [6.07, 6.45) is 0.377. The molecule has 2 N–H and O–H groups in total. The Kier molecular flexibility index (Phi) is 4.14. The second kappa shape index (κ2) is 5.04. The van der Waals surface area contributed by atoms with Crippen molar-refractivity contribution >= 4 is 11.9 Å². The van der Waals surface area contributed by atoms with Crippen molar-refractivity contribution in [2.75, 3.05) is 13.7 Å². The predicted octanol–water partition coefficient (Wildman–Crippen LogP) is 0.884. The van der Waals surface area contributed by atoms with Crippen LogP contribution in [0.1, 0.15) is 27.2 Å². The topological polar surface area (TPSA) is 75.6 Å². The van der Waals surface area contributed by atoms with Crippen molar-refractivity contribution in [2.45, 2.75) is 33.3 Å². The van der Waals surface area contributed by atoms with Crippen LogP contribution in [0.25, 0.3) is 0 Å². The molecular formula is C12H21NO4. The number of carbonyl (C=O) groups is 2. The smallest absolute Gasteiger partial charge is 0.307 e. The van der Waals surface area contributed by atoms with Gasteiger partial charge in [-0.15, -0.1) is 0 Å². The van der Waals surface area contributed by atoms with Crippen LogP contribution in [-0.4, -0.2) is 36.7 Å². The van der Waals surface area contributed by atoms with Crippen molar-refractivity contribution in [1.82, 2.24) is 5.32 Å². The number of carboxylic acids is 1. The Bertz CT molecular complexity index is 308. The molecule has 1 amide bonds.